The third-order valence-corrected chi connectivity index (χ3v) is 12.4. The fraction of sp³-hybridized carbons (Fsp3) is 0.123. The smallest absolute Gasteiger partial charge is 0.0540 e. The van der Waals surface area contributed by atoms with Crippen LogP contribution in [0.5, 0.6) is 0 Å². The van der Waals surface area contributed by atoms with Gasteiger partial charge in [0.25, 0.3) is 0 Å². The normalized spacial score (nSPS) is 13.1. The molecule has 0 N–H and O–H groups in total. The predicted octanol–water partition coefficient (Wildman–Crippen LogP) is 16.1. The highest BCUT2D eigenvalue weighted by molar-refractivity contribution is 6.00. The summed E-state index contributed by atoms with van der Waals surface area (Å²) in [6, 6.07) is 71.9. The molecule has 0 aromatic heterocycles. The fourth-order valence-electron chi connectivity index (χ4n) is 9.24. The largest absolute Gasteiger partial charge is 0.310 e. The topological polar surface area (TPSA) is 3.24 Å². The summed E-state index contributed by atoms with van der Waals surface area (Å²) in [6.07, 6.45) is 0. The maximum absolute atomic E-state index is 2.46. The van der Waals surface area contributed by atoms with Crippen LogP contribution < -0.4 is 4.90 Å². The van der Waals surface area contributed by atoms with Crippen molar-refractivity contribution < 1.29 is 0 Å². The number of nitrogens with zero attached hydrogens (tertiary/aromatic N) is 1. The van der Waals surface area contributed by atoms with Crippen LogP contribution in [-0.2, 0) is 10.8 Å². The summed E-state index contributed by atoms with van der Waals surface area (Å²) in [7, 11) is 0. The van der Waals surface area contributed by atoms with Crippen molar-refractivity contribution in [2.75, 3.05) is 4.90 Å². The molecule has 1 heteroatoms. The summed E-state index contributed by atoms with van der Waals surface area (Å²) in [4.78, 5) is 2.44. The maximum Gasteiger partial charge on any atom is 0.0540 e. The van der Waals surface area contributed by atoms with Crippen molar-refractivity contribution in [2.24, 2.45) is 0 Å². The summed E-state index contributed by atoms with van der Waals surface area (Å²) in [5.41, 5.74) is 17.5. The number of anilines is 3. The van der Waals surface area contributed by atoms with E-state index in [2.05, 4.69) is 234 Å². The maximum atomic E-state index is 2.46. The molecule has 10 rings (SSSR count). The second kappa shape index (κ2) is 13.7. The van der Waals surface area contributed by atoms with E-state index in [-0.39, 0.29) is 10.8 Å². The summed E-state index contributed by atoms with van der Waals surface area (Å²) in [5, 5.41) is 5.02. The first-order chi connectivity index (χ1) is 28.1. The summed E-state index contributed by atoms with van der Waals surface area (Å²) < 4.78 is 0. The Morgan fingerprint density at radius 2 is 0.983 bits per heavy atom. The molecule has 0 saturated heterocycles. The van der Waals surface area contributed by atoms with E-state index in [1.165, 1.54) is 82.7 Å². The number of benzene rings is 9. The van der Waals surface area contributed by atoms with Crippen molar-refractivity contribution in [3.05, 3.63) is 211 Å². The molecule has 0 unspecified atom stereocenters. The highest BCUT2D eigenvalue weighted by atomic mass is 15.1. The van der Waals surface area contributed by atoms with Crippen LogP contribution in [0.4, 0.5) is 17.1 Å². The first-order valence-corrected chi connectivity index (χ1v) is 20.5. The van der Waals surface area contributed by atoms with E-state index in [1.807, 2.05) is 0 Å². The zero-order valence-electron chi connectivity index (χ0n) is 33.9. The van der Waals surface area contributed by atoms with Crippen molar-refractivity contribution in [3.63, 3.8) is 0 Å². The first kappa shape index (κ1) is 35.7. The van der Waals surface area contributed by atoms with E-state index in [0.717, 1.165) is 17.1 Å². The molecule has 1 nitrogen and oxygen atoms in total. The highest BCUT2D eigenvalue weighted by Crippen LogP contribution is 2.54. The van der Waals surface area contributed by atoms with Gasteiger partial charge in [0.2, 0.25) is 0 Å². The number of hydrogen-bond acceptors (Lipinski definition) is 1. The highest BCUT2D eigenvalue weighted by Gasteiger charge is 2.38. The molecule has 0 atom stereocenters. The van der Waals surface area contributed by atoms with Crippen molar-refractivity contribution in [2.45, 2.75) is 45.4 Å². The first-order valence-electron chi connectivity index (χ1n) is 20.5. The van der Waals surface area contributed by atoms with Gasteiger partial charge in [-0.1, -0.05) is 192 Å². The van der Waals surface area contributed by atoms with E-state index in [9.17, 15) is 0 Å². The lowest BCUT2D eigenvalue weighted by molar-refractivity contribution is 0.584. The van der Waals surface area contributed by atoms with Crippen LogP contribution in [0.15, 0.2) is 194 Å². The predicted molar refractivity (Wildman–Crippen MR) is 249 cm³/mol. The second-order valence-corrected chi connectivity index (χ2v) is 17.4. The Morgan fingerprint density at radius 1 is 0.397 bits per heavy atom. The van der Waals surface area contributed by atoms with E-state index in [4.69, 9.17) is 0 Å². The van der Waals surface area contributed by atoms with Crippen LogP contribution in [0.1, 0.15) is 51.3 Å². The van der Waals surface area contributed by atoms with Gasteiger partial charge in [0.1, 0.15) is 0 Å². The van der Waals surface area contributed by atoms with Crippen LogP contribution in [0.3, 0.4) is 0 Å². The number of rotatable bonds is 6. The molecule has 280 valence electrons. The van der Waals surface area contributed by atoms with Gasteiger partial charge in [0.15, 0.2) is 0 Å². The van der Waals surface area contributed by atoms with Gasteiger partial charge in [-0.25, -0.2) is 0 Å². The monoisotopic (exact) mass is 745 g/mol. The van der Waals surface area contributed by atoms with Crippen LogP contribution in [0.2, 0.25) is 0 Å². The molecule has 0 saturated carbocycles. The Bertz CT molecular complexity index is 2990. The van der Waals surface area contributed by atoms with Gasteiger partial charge in [-0.2, -0.15) is 0 Å². The van der Waals surface area contributed by atoms with E-state index in [1.54, 1.807) is 0 Å². The van der Waals surface area contributed by atoms with Gasteiger partial charge < -0.3 is 4.90 Å². The molecule has 1 aliphatic rings. The van der Waals surface area contributed by atoms with Crippen LogP contribution in [-0.4, -0.2) is 0 Å². The fourth-order valence-corrected chi connectivity index (χ4v) is 9.24. The Labute approximate surface area is 342 Å². The average molecular weight is 746 g/mol. The van der Waals surface area contributed by atoms with Crippen molar-refractivity contribution in [1.82, 2.24) is 0 Å². The SMILES string of the molecule is CC(C)(C)c1ccc2c(c1)C(C)(C)c1cccc(-c3ccccc3N(c3ccc(-c4ccc5ccccc5c4)cc3)c3ccc(-c4cccc5ccccc45)cc3)c1-2. The van der Waals surface area contributed by atoms with Crippen molar-refractivity contribution in [3.8, 4) is 44.5 Å². The molecule has 0 radical (unpaired) electrons. The molecule has 1 aliphatic carbocycles. The van der Waals surface area contributed by atoms with E-state index >= 15 is 0 Å². The van der Waals surface area contributed by atoms with Crippen molar-refractivity contribution in [1.29, 1.82) is 0 Å². The lowest BCUT2D eigenvalue weighted by Crippen LogP contribution is -2.17. The summed E-state index contributed by atoms with van der Waals surface area (Å²) in [5.74, 6) is 0. The molecule has 0 heterocycles. The lowest BCUT2D eigenvalue weighted by Gasteiger charge is -2.29. The summed E-state index contributed by atoms with van der Waals surface area (Å²) in [6.45, 7) is 11.7. The van der Waals surface area contributed by atoms with Gasteiger partial charge in [-0.05, 0) is 119 Å². The van der Waals surface area contributed by atoms with Crippen LogP contribution in [0, 0.1) is 0 Å². The molecule has 0 bridgehead atoms. The zero-order valence-corrected chi connectivity index (χ0v) is 33.9. The van der Waals surface area contributed by atoms with E-state index in [0.29, 0.717) is 0 Å². The third kappa shape index (κ3) is 6.01. The third-order valence-electron chi connectivity index (χ3n) is 12.4. The molecule has 58 heavy (non-hydrogen) atoms. The Balaban J connectivity index is 1.13. The summed E-state index contributed by atoms with van der Waals surface area (Å²) >= 11 is 0. The quantitative estimate of drug-likeness (QED) is 0.164. The second-order valence-electron chi connectivity index (χ2n) is 17.4. The van der Waals surface area contributed by atoms with Gasteiger partial charge in [0, 0.05) is 22.4 Å². The van der Waals surface area contributed by atoms with Crippen LogP contribution in [0.25, 0.3) is 66.1 Å². The molecule has 0 fully saturated rings. The molecule has 0 spiro atoms. The van der Waals surface area contributed by atoms with Crippen LogP contribution >= 0.6 is 0 Å². The molecular formula is C57H47N. The van der Waals surface area contributed by atoms with Gasteiger partial charge in [-0.3, -0.25) is 0 Å². The van der Waals surface area contributed by atoms with Gasteiger partial charge >= 0.3 is 0 Å². The Hall–Kier alpha value is -6.70. The minimum absolute atomic E-state index is 0.0722. The Morgan fingerprint density at radius 3 is 1.74 bits per heavy atom. The Kier molecular flexibility index (Phi) is 8.46. The molecular weight excluding hydrogens is 699 g/mol. The molecule has 0 aliphatic heterocycles. The molecule has 0 amide bonds. The minimum atomic E-state index is -0.118. The van der Waals surface area contributed by atoms with Gasteiger partial charge in [-0.15, -0.1) is 0 Å². The van der Waals surface area contributed by atoms with Gasteiger partial charge in [0.05, 0.1) is 5.69 Å². The van der Waals surface area contributed by atoms with Crippen molar-refractivity contribution >= 4 is 38.6 Å². The number of para-hydroxylation sites is 1. The standard InChI is InChI=1S/C57H47N/c1-56(2,3)44-30-35-51-53(37-44)57(4,5)52-22-13-21-50(55(51)52)49-19-10-11-23-54(49)58(45-31-26-39(27-32-45)43-25-24-38-14-6-7-16-42(38)36-43)46-33-28-41(29-34-46)48-20-12-17-40-15-8-9-18-47(40)48/h6-37H,1-5H3. The molecule has 9 aromatic carbocycles. The lowest BCUT2D eigenvalue weighted by atomic mass is 9.79. The zero-order chi connectivity index (χ0) is 39.6. The average Bonchev–Trinajstić information content (AvgIpc) is 3.49. The number of fused-ring (bicyclic) bond motifs is 5. The van der Waals surface area contributed by atoms with E-state index < -0.39 is 0 Å². The molecule has 9 aromatic rings. The number of hydrogen-bond donors (Lipinski definition) is 0. The minimum Gasteiger partial charge on any atom is -0.310 e.